The number of rotatable bonds is 5. The van der Waals surface area contributed by atoms with Gasteiger partial charge in [0.05, 0.1) is 5.56 Å². The van der Waals surface area contributed by atoms with Gasteiger partial charge in [0, 0.05) is 12.6 Å². The van der Waals surface area contributed by atoms with Crippen LogP contribution < -0.4 is 5.32 Å². The van der Waals surface area contributed by atoms with E-state index in [0.29, 0.717) is 23.5 Å². The summed E-state index contributed by atoms with van der Waals surface area (Å²) in [5.74, 6) is -1.00. The van der Waals surface area contributed by atoms with Gasteiger partial charge in [-0.1, -0.05) is 0 Å². The minimum atomic E-state index is -1.00. The first kappa shape index (κ1) is 12.4. The highest BCUT2D eigenvalue weighted by Crippen LogP contribution is 2.21. The van der Waals surface area contributed by atoms with Crippen LogP contribution in [0.1, 0.15) is 23.7 Å². The molecule has 3 N–H and O–H groups in total. The zero-order chi connectivity index (χ0) is 13.1. The molecule has 2 rings (SSSR count). The SMILES string of the molecule is CC(CCO)Nc1nc2ccc(C(=O)O)cc2o1. The van der Waals surface area contributed by atoms with E-state index in [1.807, 2.05) is 6.92 Å². The summed E-state index contributed by atoms with van der Waals surface area (Å²) in [5, 5.41) is 20.7. The lowest BCUT2D eigenvalue weighted by Crippen LogP contribution is -2.16. The van der Waals surface area contributed by atoms with Crippen molar-refractivity contribution in [2.45, 2.75) is 19.4 Å². The van der Waals surface area contributed by atoms with Gasteiger partial charge in [-0.3, -0.25) is 0 Å². The number of aliphatic hydroxyl groups is 1. The molecule has 1 aromatic heterocycles. The lowest BCUT2D eigenvalue weighted by molar-refractivity contribution is 0.0697. The fourth-order valence-corrected chi connectivity index (χ4v) is 1.60. The van der Waals surface area contributed by atoms with Crippen LogP contribution in [0.25, 0.3) is 11.1 Å². The van der Waals surface area contributed by atoms with Crippen molar-refractivity contribution in [3.8, 4) is 0 Å². The van der Waals surface area contributed by atoms with E-state index in [4.69, 9.17) is 14.6 Å². The molecule has 6 heteroatoms. The van der Waals surface area contributed by atoms with Crippen LogP contribution in [0.5, 0.6) is 0 Å². The standard InChI is InChI=1S/C12H14N2O4/c1-7(4-5-15)13-12-14-9-3-2-8(11(16)17)6-10(9)18-12/h2-3,6-7,15H,4-5H2,1H3,(H,13,14)(H,16,17). The molecule has 96 valence electrons. The van der Waals surface area contributed by atoms with Gasteiger partial charge in [-0.15, -0.1) is 0 Å². The van der Waals surface area contributed by atoms with Gasteiger partial charge in [-0.25, -0.2) is 4.79 Å². The number of aromatic carboxylic acids is 1. The summed E-state index contributed by atoms with van der Waals surface area (Å²) < 4.78 is 5.41. The molecule has 0 aliphatic rings. The van der Waals surface area contributed by atoms with Crippen molar-refractivity contribution in [3.63, 3.8) is 0 Å². The molecule has 0 aliphatic carbocycles. The van der Waals surface area contributed by atoms with Crippen LogP contribution in [-0.4, -0.2) is 33.8 Å². The molecule has 1 aromatic carbocycles. The minimum absolute atomic E-state index is 0.0296. The number of nitrogens with zero attached hydrogens (tertiary/aromatic N) is 1. The molecule has 0 aliphatic heterocycles. The molecule has 0 amide bonds. The van der Waals surface area contributed by atoms with Crippen molar-refractivity contribution in [3.05, 3.63) is 23.8 Å². The Morgan fingerprint density at radius 2 is 2.33 bits per heavy atom. The molecule has 1 heterocycles. The number of nitrogens with one attached hydrogen (secondary N) is 1. The minimum Gasteiger partial charge on any atom is -0.478 e. The number of oxazole rings is 1. The molecule has 2 aromatic rings. The molecule has 0 spiro atoms. The second-order valence-electron chi connectivity index (χ2n) is 4.06. The summed E-state index contributed by atoms with van der Waals surface area (Å²) in [6.45, 7) is 1.98. The number of benzene rings is 1. The molecule has 6 nitrogen and oxygen atoms in total. The van der Waals surface area contributed by atoms with Crippen LogP contribution in [0, 0.1) is 0 Å². The fraction of sp³-hybridized carbons (Fsp3) is 0.333. The highest BCUT2D eigenvalue weighted by Gasteiger charge is 2.11. The first-order valence-electron chi connectivity index (χ1n) is 5.61. The second kappa shape index (κ2) is 5.05. The Balaban J connectivity index is 2.24. The zero-order valence-electron chi connectivity index (χ0n) is 9.88. The third-order valence-electron chi connectivity index (χ3n) is 2.57. The Labute approximate surface area is 103 Å². The molecular weight excluding hydrogens is 236 g/mol. The maximum atomic E-state index is 10.8. The van der Waals surface area contributed by atoms with E-state index < -0.39 is 5.97 Å². The second-order valence-corrected chi connectivity index (χ2v) is 4.06. The van der Waals surface area contributed by atoms with Crippen LogP contribution in [0.15, 0.2) is 22.6 Å². The van der Waals surface area contributed by atoms with E-state index in [-0.39, 0.29) is 18.2 Å². The molecule has 0 saturated carbocycles. The quantitative estimate of drug-likeness (QED) is 0.747. The molecule has 1 unspecified atom stereocenters. The Bertz CT molecular complexity index is 564. The van der Waals surface area contributed by atoms with Crippen LogP contribution in [0.2, 0.25) is 0 Å². The van der Waals surface area contributed by atoms with Gasteiger partial charge >= 0.3 is 5.97 Å². The lowest BCUT2D eigenvalue weighted by atomic mass is 10.2. The van der Waals surface area contributed by atoms with Gasteiger partial charge in [0.2, 0.25) is 0 Å². The zero-order valence-corrected chi connectivity index (χ0v) is 9.88. The van der Waals surface area contributed by atoms with Crippen molar-refractivity contribution < 1.29 is 19.4 Å². The van der Waals surface area contributed by atoms with Crippen molar-refractivity contribution in [2.24, 2.45) is 0 Å². The van der Waals surface area contributed by atoms with Gasteiger partial charge in [0.25, 0.3) is 6.01 Å². The Hall–Kier alpha value is -2.08. The van der Waals surface area contributed by atoms with Crippen LogP contribution >= 0.6 is 0 Å². The number of hydrogen-bond donors (Lipinski definition) is 3. The highest BCUT2D eigenvalue weighted by atomic mass is 16.4. The third kappa shape index (κ3) is 2.60. The number of aliphatic hydroxyl groups excluding tert-OH is 1. The van der Waals surface area contributed by atoms with E-state index in [0.717, 1.165) is 0 Å². The molecule has 18 heavy (non-hydrogen) atoms. The summed E-state index contributed by atoms with van der Waals surface area (Å²) in [6.07, 6.45) is 0.582. The number of aromatic nitrogens is 1. The molecular formula is C12H14N2O4. The summed E-state index contributed by atoms with van der Waals surface area (Å²) >= 11 is 0. The van der Waals surface area contributed by atoms with E-state index in [2.05, 4.69) is 10.3 Å². The lowest BCUT2D eigenvalue weighted by Gasteiger charge is -2.08. The predicted molar refractivity (Wildman–Crippen MR) is 65.8 cm³/mol. The van der Waals surface area contributed by atoms with Crippen LogP contribution in [0.3, 0.4) is 0 Å². The first-order valence-corrected chi connectivity index (χ1v) is 5.61. The number of carbonyl (C=O) groups is 1. The average Bonchev–Trinajstić information content (AvgIpc) is 2.69. The summed E-state index contributed by atoms with van der Waals surface area (Å²) in [7, 11) is 0. The van der Waals surface area contributed by atoms with Crippen LogP contribution in [-0.2, 0) is 0 Å². The molecule has 0 fully saturated rings. The Morgan fingerprint density at radius 3 is 3.00 bits per heavy atom. The normalized spacial score (nSPS) is 12.6. The monoisotopic (exact) mass is 250 g/mol. The van der Waals surface area contributed by atoms with Gasteiger partial charge in [-0.05, 0) is 31.5 Å². The molecule has 0 bridgehead atoms. The Kier molecular flexibility index (Phi) is 3.47. The molecule has 0 saturated heterocycles. The number of carboxylic acids is 1. The van der Waals surface area contributed by atoms with E-state index in [1.165, 1.54) is 12.1 Å². The largest absolute Gasteiger partial charge is 0.478 e. The van der Waals surface area contributed by atoms with Crippen LogP contribution in [0.4, 0.5) is 6.01 Å². The fourth-order valence-electron chi connectivity index (χ4n) is 1.60. The van der Waals surface area contributed by atoms with Gasteiger partial charge < -0.3 is 19.9 Å². The van der Waals surface area contributed by atoms with Crippen molar-refractivity contribution in [2.75, 3.05) is 11.9 Å². The number of carboxylic acid groups (broad SMARTS) is 1. The maximum absolute atomic E-state index is 10.8. The third-order valence-corrected chi connectivity index (χ3v) is 2.57. The maximum Gasteiger partial charge on any atom is 0.335 e. The van der Waals surface area contributed by atoms with Gasteiger partial charge in [-0.2, -0.15) is 4.98 Å². The van der Waals surface area contributed by atoms with E-state index in [1.54, 1.807) is 6.07 Å². The van der Waals surface area contributed by atoms with Gasteiger partial charge in [0.15, 0.2) is 5.58 Å². The predicted octanol–water partition coefficient (Wildman–Crippen LogP) is 1.71. The summed E-state index contributed by atoms with van der Waals surface area (Å²) in [5.41, 5.74) is 1.18. The van der Waals surface area contributed by atoms with Crippen molar-refractivity contribution in [1.29, 1.82) is 0 Å². The Morgan fingerprint density at radius 1 is 1.56 bits per heavy atom. The van der Waals surface area contributed by atoms with E-state index in [9.17, 15) is 4.79 Å². The van der Waals surface area contributed by atoms with Crippen molar-refractivity contribution in [1.82, 2.24) is 4.98 Å². The molecule has 0 radical (unpaired) electrons. The number of hydrogen-bond acceptors (Lipinski definition) is 5. The number of anilines is 1. The van der Waals surface area contributed by atoms with Gasteiger partial charge in [0.1, 0.15) is 5.52 Å². The topological polar surface area (TPSA) is 95.6 Å². The summed E-state index contributed by atoms with van der Waals surface area (Å²) in [4.78, 5) is 15.0. The first-order chi connectivity index (χ1) is 8.60. The number of fused-ring (bicyclic) bond motifs is 1. The van der Waals surface area contributed by atoms with Crippen molar-refractivity contribution >= 4 is 23.1 Å². The van der Waals surface area contributed by atoms with E-state index >= 15 is 0 Å². The smallest absolute Gasteiger partial charge is 0.335 e. The average molecular weight is 250 g/mol. The molecule has 1 atom stereocenters. The summed E-state index contributed by atoms with van der Waals surface area (Å²) in [6, 6.07) is 4.88. The highest BCUT2D eigenvalue weighted by molar-refractivity contribution is 5.92.